The van der Waals surface area contributed by atoms with Gasteiger partial charge in [-0.2, -0.15) is 0 Å². The number of carbonyl (C=O) groups excluding carboxylic acids is 1. The second-order valence-corrected chi connectivity index (χ2v) is 6.59. The van der Waals surface area contributed by atoms with E-state index in [1.165, 1.54) is 18.9 Å². The predicted octanol–water partition coefficient (Wildman–Crippen LogP) is 2.33. The Labute approximate surface area is 136 Å². The van der Waals surface area contributed by atoms with Crippen LogP contribution in [0.3, 0.4) is 0 Å². The van der Waals surface area contributed by atoms with E-state index in [2.05, 4.69) is 0 Å². The second kappa shape index (κ2) is 7.41. The summed E-state index contributed by atoms with van der Waals surface area (Å²) in [7, 11) is 0. The Morgan fingerprint density at radius 2 is 2.22 bits per heavy atom. The molecular formula is C18H24FNO3. The Morgan fingerprint density at radius 3 is 3.00 bits per heavy atom. The molecule has 2 fully saturated rings. The predicted molar refractivity (Wildman–Crippen MR) is 84.7 cm³/mol. The molecule has 1 aliphatic heterocycles. The Kier molecular flexibility index (Phi) is 5.28. The van der Waals surface area contributed by atoms with Crippen LogP contribution in [-0.4, -0.2) is 49.8 Å². The van der Waals surface area contributed by atoms with Crippen LogP contribution in [0.15, 0.2) is 18.2 Å². The molecule has 1 aromatic rings. The Hall–Kier alpha value is -1.46. The van der Waals surface area contributed by atoms with Gasteiger partial charge in [-0.1, -0.05) is 17.7 Å². The molecule has 1 aliphatic carbocycles. The lowest BCUT2D eigenvalue weighted by molar-refractivity contribution is -0.140. The summed E-state index contributed by atoms with van der Waals surface area (Å²) < 4.78 is 25.1. The summed E-state index contributed by atoms with van der Waals surface area (Å²) >= 11 is 0. The molecular weight excluding hydrogens is 297 g/mol. The fourth-order valence-corrected chi connectivity index (χ4v) is 2.81. The molecule has 1 unspecified atom stereocenters. The number of carbonyl (C=O) groups is 1. The van der Waals surface area contributed by atoms with Crippen LogP contribution in [0.2, 0.25) is 0 Å². The highest BCUT2D eigenvalue weighted by atomic mass is 19.1. The first-order chi connectivity index (χ1) is 11.1. The third kappa shape index (κ3) is 4.75. The monoisotopic (exact) mass is 321 g/mol. The van der Waals surface area contributed by atoms with Gasteiger partial charge in [-0.05, 0) is 37.3 Å². The summed E-state index contributed by atoms with van der Waals surface area (Å²) in [6.07, 6.45) is 2.55. The second-order valence-electron chi connectivity index (χ2n) is 6.59. The molecule has 1 saturated heterocycles. The first-order valence-corrected chi connectivity index (χ1v) is 8.34. The molecule has 0 bridgehead atoms. The van der Waals surface area contributed by atoms with Crippen LogP contribution in [0.5, 0.6) is 0 Å². The molecule has 126 valence electrons. The van der Waals surface area contributed by atoms with E-state index in [0.29, 0.717) is 31.9 Å². The van der Waals surface area contributed by atoms with Gasteiger partial charge in [0.25, 0.3) is 0 Å². The molecule has 3 rings (SSSR count). The maximum absolute atomic E-state index is 13.8. The van der Waals surface area contributed by atoms with Gasteiger partial charge in [-0.3, -0.25) is 4.79 Å². The van der Waals surface area contributed by atoms with E-state index in [0.717, 1.165) is 18.1 Å². The van der Waals surface area contributed by atoms with Gasteiger partial charge in [0.2, 0.25) is 5.91 Å². The van der Waals surface area contributed by atoms with E-state index in [9.17, 15) is 9.18 Å². The van der Waals surface area contributed by atoms with Crippen molar-refractivity contribution in [2.75, 3.05) is 32.9 Å². The van der Waals surface area contributed by atoms with Gasteiger partial charge in [0.05, 0.1) is 25.7 Å². The summed E-state index contributed by atoms with van der Waals surface area (Å²) in [5.41, 5.74) is 1.42. The molecule has 1 atom stereocenters. The number of rotatable bonds is 6. The lowest BCUT2D eigenvalue weighted by Crippen LogP contribution is -2.47. The van der Waals surface area contributed by atoms with E-state index < -0.39 is 0 Å². The molecule has 1 heterocycles. The maximum atomic E-state index is 13.8. The molecule has 23 heavy (non-hydrogen) atoms. The number of aryl methyl sites for hydroxylation is 1. The van der Waals surface area contributed by atoms with Crippen molar-refractivity contribution < 1.29 is 18.7 Å². The smallest absolute Gasteiger partial charge is 0.227 e. The van der Waals surface area contributed by atoms with Crippen molar-refractivity contribution in [2.24, 2.45) is 5.92 Å². The molecule has 1 amide bonds. The molecule has 0 radical (unpaired) electrons. The number of nitrogens with zero attached hydrogens (tertiary/aromatic N) is 1. The lowest BCUT2D eigenvalue weighted by Gasteiger charge is -2.33. The first-order valence-electron chi connectivity index (χ1n) is 8.34. The summed E-state index contributed by atoms with van der Waals surface area (Å²) in [6, 6.07) is 4.88. The molecule has 2 aliphatic rings. The van der Waals surface area contributed by atoms with E-state index >= 15 is 0 Å². The van der Waals surface area contributed by atoms with Gasteiger partial charge in [0.15, 0.2) is 0 Å². The van der Waals surface area contributed by atoms with Gasteiger partial charge in [-0.15, -0.1) is 0 Å². The zero-order chi connectivity index (χ0) is 16.2. The minimum Gasteiger partial charge on any atom is -0.378 e. The van der Waals surface area contributed by atoms with Crippen LogP contribution in [0.4, 0.5) is 4.39 Å². The van der Waals surface area contributed by atoms with Crippen LogP contribution < -0.4 is 0 Å². The molecule has 0 aromatic heterocycles. The number of benzene rings is 1. The van der Waals surface area contributed by atoms with Crippen molar-refractivity contribution in [2.45, 2.75) is 32.3 Å². The highest BCUT2D eigenvalue weighted by Gasteiger charge is 2.26. The van der Waals surface area contributed by atoms with Crippen molar-refractivity contribution in [3.05, 3.63) is 35.1 Å². The van der Waals surface area contributed by atoms with Crippen molar-refractivity contribution in [3.8, 4) is 0 Å². The van der Waals surface area contributed by atoms with Crippen molar-refractivity contribution in [1.29, 1.82) is 0 Å². The molecule has 1 saturated carbocycles. The lowest BCUT2D eigenvalue weighted by atomic mass is 10.1. The number of hydrogen-bond donors (Lipinski definition) is 0. The minimum atomic E-state index is -0.318. The van der Waals surface area contributed by atoms with E-state index in [1.807, 2.05) is 6.92 Å². The third-order valence-corrected chi connectivity index (χ3v) is 4.39. The molecule has 5 heteroatoms. The van der Waals surface area contributed by atoms with Crippen molar-refractivity contribution >= 4 is 5.91 Å². The average Bonchev–Trinajstić information content (AvgIpc) is 3.35. The first kappa shape index (κ1) is 16.4. The molecule has 0 N–H and O–H groups in total. The van der Waals surface area contributed by atoms with E-state index in [1.54, 1.807) is 17.0 Å². The van der Waals surface area contributed by atoms with E-state index in [4.69, 9.17) is 9.47 Å². The topological polar surface area (TPSA) is 38.8 Å². The highest BCUT2D eigenvalue weighted by molar-refractivity contribution is 5.79. The quantitative estimate of drug-likeness (QED) is 0.807. The average molecular weight is 321 g/mol. The number of hydrogen-bond acceptors (Lipinski definition) is 3. The fraction of sp³-hybridized carbons (Fsp3) is 0.611. The molecule has 0 spiro atoms. The minimum absolute atomic E-state index is 0.0509. The van der Waals surface area contributed by atoms with E-state index in [-0.39, 0.29) is 24.2 Å². The van der Waals surface area contributed by atoms with Crippen molar-refractivity contribution in [1.82, 2.24) is 4.90 Å². The Bertz CT molecular complexity index is 559. The third-order valence-electron chi connectivity index (χ3n) is 4.39. The van der Waals surface area contributed by atoms with Crippen LogP contribution in [0.1, 0.15) is 24.0 Å². The standard InChI is InChI=1S/C18H24FNO3/c1-13-2-5-17(19)15(8-13)9-18(21)20-6-7-23-16(10-20)12-22-11-14-3-4-14/h2,5,8,14,16H,3-4,6-7,9-12H2,1H3. The van der Waals surface area contributed by atoms with Crippen LogP contribution in [-0.2, 0) is 20.7 Å². The summed E-state index contributed by atoms with van der Waals surface area (Å²) in [6.45, 7) is 4.82. The largest absolute Gasteiger partial charge is 0.378 e. The van der Waals surface area contributed by atoms with Gasteiger partial charge >= 0.3 is 0 Å². The number of morpholine rings is 1. The zero-order valence-corrected chi connectivity index (χ0v) is 13.6. The Morgan fingerprint density at radius 1 is 1.39 bits per heavy atom. The summed E-state index contributed by atoms with van der Waals surface area (Å²) in [5, 5.41) is 0. The normalized spacial score (nSPS) is 21.5. The zero-order valence-electron chi connectivity index (χ0n) is 13.6. The van der Waals surface area contributed by atoms with Gasteiger partial charge in [-0.25, -0.2) is 4.39 Å². The number of halogens is 1. The highest BCUT2D eigenvalue weighted by Crippen LogP contribution is 2.28. The maximum Gasteiger partial charge on any atom is 0.227 e. The summed E-state index contributed by atoms with van der Waals surface area (Å²) in [5.74, 6) is 0.354. The van der Waals surface area contributed by atoms with Crippen LogP contribution in [0.25, 0.3) is 0 Å². The van der Waals surface area contributed by atoms with Gasteiger partial charge in [0, 0.05) is 19.7 Å². The van der Waals surface area contributed by atoms with Gasteiger partial charge in [0.1, 0.15) is 5.82 Å². The van der Waals surface area contributed by atoms with Crippen molar-refractivity contribution in [3.63, 3.8) is 0 Å². The molecule has 1 aromatic carbocycles. The molecule has 4 nitrogen and oxygen atoms in total. The number of amides is 1. The van der Waals surface area contributed by atoms with Gasteiger partial charge < -0.3 is 14.4 Å². The van der Waals surface area contributed by atoms with Crippen LogP contribution >= 0.6 is 0 Å². The number of ether oxygens (including phenoxy) is 2. The summed E-state index contributed by atoms with van der Waals surface area (Å²) in [4.78, 5) is 14.2. The fourth-order valence-electron chi connectivity index (χ4n) is 2.81. The SMILES string of the molecule is Cc1ccc(F)c(CC(=O)N2CCOC(COCC3CC3)C2)c1. The van der Waals surface area contributed by atoms with Crippen LogP contribution in [0, 0.1) is 18.7 Å². The Balaban J connectivity index is 1.50.